The van der Waals surface area contributed by atoms with Gasteiger partial charge in [-0.2, -0.15) is 0 Å². The van der Waals surface area contributed by atoms with E-state index in [0.717, 1.165) is 38.6 Å². The highest BCUT2D eigenvalue weighted by atomic mass is 19.1. The van der Waals surface area contributed by atoms with Crippen LogP contribution in [0.25, 0.3) is 0 Å². The highest BCUT2D eigenvalue weighted by Gasteiger charge is 2.00. The molecule has 4 nitrogen and oxygen atoms in total. The number of nitrogens with zero attached hydrogens (tertiary/aromatic N) is 1. The number of carbonyl (C=O) groups is 1. The molecule has 0 unspecified atom stereocenters. The molecule has 0 spiro atoms. The Morgan fingerprint density at radius 1 is 1.25 bits per heavy atom. The van der Waals surface area contributed by atoms with Crippen molar-refractivity contribution in [3.63, 3.8) is 0 Å². The molecule has 1 heterocycles. The zero-order valence-corrected chi connectivity index (χ0v) is 12.0. The van der Waals surface area contributed by atoms with E-state index in [1.54, 1.807) is 6.07 Å². The molecule has 1 aromatic heterocycles. The average Bonchev–Trinajstić information content (AvgIpc) is 2.44. The zero-order chi connectivity index (χ0) is 14.6. The lowest BCUT2D eigenvalue weighted by Gasteiger charge is -2.05. The van der Waals surface area contributed by atoms with Crippen molar-refractivity contribution in [2.75, 3.05) is 18.5 Å². The predicted molar refractivity (Wildman–Crippen MR) is 77.0 cm³/mol. The summed E-state index contributed by atoms with van der Waals surface area (Å²) in [5.41, 5.74) is 0. The van der Waals surface area contributed by atoms with Gasteiger partial charge in [-0.1, -0.05) is 19.3 Å². The van der Waals surface area contributed by atoms with Gasteiger partial charge < -0.3 is 10.1 Å². The van der Waals surface area contributed by atoms with E-state index in [0.29, 0.717) is 18.8 Å². The van der Waals surface area contributed by atoms with Gasteiger partial charge in [-0.25, -0.2) is 9.37 Å². The topological polar surface area (TPSA) is 51.2 Å². The maximum absolute atomic E-state index is 12.6. The van der Waals surface area contributed by atoms with E-state index in [9.17, 15) is 9.18 Å². The fourth-order valence-electron chi connectivity index (χ4n) is 1.85. The van der Waals surface area contributed by atoms with Crippen molar-refractivity contribution in [3.05, 3.63) is 24.1 Å². The van der Waals surface area contributed by atoms with E-state index in [4.69, 9.17) is 4.74 Å². The molecule has 0 radical (unpaired) electrons. The Hall–Kier alpha value is -1.65. The molecule has 0 aliphatic carbocycles. The van der Waals surface area contributed by atoms with Crippen LogP contribution < -0.4 is 5.32 Å². The number of unbranched alkanes of at least 4 members (excludes halogenated alkanes) is 4. The zero-order valence-electron chi connectivity index (χ0n) is 12.0. The number of hydrogen-bond donors (Lipinski definition) is 1. The van der Waals surface area contributed by atoms with Gasteiger partial charge in [-0.15, -0.1) is 0 Å². The Morgan fingerprint density at radius 2 is 2.00 bits per heavy atom. The Bertz CT molecular complexity index is 382. The van der Waals surface area contributed by atoms with Gasteiger partial charge in [0.25, 0.3) is 0 Å². The first-order valence-electron chi connectivity index (χ1n) is 7.23. The molecule has 0 amide bonds. The smallest absolute Gasteiger partial charge is 0.305 e. The summed E-state index contributed by atoms with van der Waals surface area (Å²) in [6.45, 7) is 3.11. The molecule has 0 atom stereocenters. The highest BCUT2D eigenvalue weighted by Crippen LogP contribution is 2.08. The number of nitrogens with one attached hydrogen (secondary N) is 1. The minimum absolute atomic E-state index is 0.100. The maximum atomic E-state index is 12.6. The summed E-state index contributed by atoms with van der Waals surface area (Å²) in [4.78, 5) is 15.0. The Labute approximate surface area is 119 Å². The molecule has 0 aliphatic rings. The third-order valence-electron chi connectivity index (χ3n) is 2.90. The molecular weight excluding hydrogens is 259 g/mol. The third-order valence-corrected chi connectivity index (χ3v) is 2.90. The second-order valence-corrected chi connectivity index (χ2v) is 4.61. The first-order valence-corrected chi connectivity index (χ1v) is 7.23. The molecule has 0 aromatic carbocycles. The number of esters is 1. The molecule has 0 aliphatic heterocycles. The number of aromatic nitrogens is 1. The first-order chi connectivity index (χ1) is 9.72. The van der Waals surface area contributed by atoms with Gasteiger partial charge >= 0.3 is 5.97 Å². The van der Waals surface area contributed by atoms with Crippen molar-refractivity contribution in [1.29, 1.82) is 0 Å². The number of ether oxygens (including phenoxy) is 1. The number of anilines is 1. The fourth-order valence-corrected chi connectivity index (χ4v) is 1.85. The lowest BCUT2D eigenvalue weighted by molar-refractivity contribution is -0.143. The van der Waals surface area contributed by atoms with Crippen molar-refractivity contribution in [1.82, 2.24) is 4.98 Å². The molecule has 1 rings (SSSR count). The van der Waals surface area contributed by atoms with E-state index in [2.05, 4.69) is 10.3 Å². The SMILES string of the molecule is CCOC(=O)CCCCCCCNc1ccc(F)cn1. The quantitative estimate of drug-likeness (QED) is 0.527. The first kappa shape index (κ1) is 16.4. The Kier molecular flexibility index (Phi) is 8.35. The van der Waals surface area contributed by atoms with Crippen LogP contribution in [0.3, 0.4) is 0 Å². The fraction of sp³-hybridized carbons (Fsp3) is 0.600. The van der Waals surface area contributed by atoms with E-state index < -0.39 is 0 Å². The molecule has 112 valence electrons. The second-order valence-electron chi connectivity index (χ2n) is 4.61. The van der Waals surface area contributed by atoms with Gasteiger partial charge in [-0.05, 0) is 31.9 Å². The van der Waals surface area contributed by atoms with Crippen LogP contribution in [-0.4, -0.2) is 24.1 Å². The summed E-state index contributed by atoms with van der Waals surface area (Å²) in [5, 5.41) is 3.15. The van der Waals surface area contributed by atoms with Gasteiger partial charge in [0.05, 0.1) is 12.8 Å². The summed E-state index contributed by atoms with van der Waals surface area (Å²) in [6.07, 6.45) is 6.93. The predicted octanol–water partition coefficient (Wildman–Crippen LogP) is 3.54. The molecule has 0 bridgehead atoms. The maximum Gasteiger partial charge on any atom is 0.305 e. The van der Waals surface area contributed by atoms with Crippen molar-refractivity contribution in [3.8, 4) is 0 Å². The van der Waals surface area contributed by atoms with Crippen LogP contribution in [-0.2, 0) is 9.53 Å². The molecule has 1 N–H and O–H groups in total. The lowest BCUT2D eigenvalue weighted by Crippen LogP contribution is -2.04. The second kappa shape index (κ2) is 10.2. The third kappa shape index (κ3) is 7.71. The van der Waals surface area contributed by atoms with E-state index in [1.165, 1.54) is 12.3 Å². The van der Waals surface area contributed by atoms with Crippen molar-refractivity contribution < 1.29 is 13.9 Å². The van der Waals surface area contributed by atoms with Crippen LogP contribution in [0.15, 0.2) is 18.3 Å². The number of pyridine rings is 1. The summed E-state index contributed by atoms with van der Waals surface area (Å²) >= 11 is 0. The number of carbonyl (C=O) groups excluding carboxylic acids is 1. The van der Waals surface area contributed by atoms with Gasteiger partial charge in [0.15, 0.2) is 0 Å². The minimum Gasteiger partial charge on any atom is -0.466 e. The molecule has 20 heavy (non-hydrogen) atoms. The molecule has 1 aromatic rings. The van der Waals surface area contributed by atoms with E-state index in [-0.39, 0.29) is 11.8 Å². The molecule has 5 heteroatoms. The van der Waals surface area contributed by atoms with Crippen molar-refractivity contribution in [2.45, 2.75) is 45.4 Å². The number of rotatable bonds is 10. The molecular formula is C15H23FN2O2. The van der Waals surface area contributed by atoms with Crippen molar-refractivity contribution >= 4 is 11.8 Å². The normalized spacial score (nSPS) is 10.3. The summed E-state index contributed by atoms with van der Waals surface area (Å²) < 4.78 is 17.5. The van der Waals surface area contributed by atoms with Gasteiger partial charge in [0, 0.05) is 13.0 Å². The number of halogens is 1. The van der Waals surface area contributed by atoms with Crippen LogP contribution in [0.2, 0.25) is 0 Å². The van der Waals surface area contributed by atoms with Crippen LogP contribution in [0, 0.1) is 5.82 Å². The molecule has 0 saturated carbocycles. The molecule has 0 fully saturated rings. The summed E-state index contributed by atoms with van der Waals surface area (Å²) in [7, 11) is 0. The molecule has 0 saturated heterocycles. The van der Waals surface area contributed by atoms with Gasteiger partial charge in [0.2, 0.25) is 0 Å². The Balaban J connectivity index is 1.92. The highest BCUT2D eigenvalue weighted by molar-refractivity contribution is 5.69. The van der Waals surface area contributed by atoms with Crippen LogP contribution >= 0.6 is 0 Å². The van der Waals surface area contributed by atoms with Gasteiger partial charge in [0.1, 0.15) is 11.6 Å². The van der Waals surface area contributed by atoms with E-state index in [1.807, 2.05) is 6.92 Å². The van der Waals surface area contributed by atoms with E-state index >= 15 is 0 Å². The van der Waals surface area contributed by atoms with Crippen molar-refractivity contribution in [2.24, 2.45) is 0 Å². The number of hydrogen-bond acceptors (Lipinski definition) is 4. The van der Waals surface area contributed by atoms with Crippen LogP contribution in [0.1, 0.15) is 45.4 Å². The largest absolute Gasteiger partial charge is 0.466 e. The Morgan fingerprint density at radius 3 is 2.70 bits per heavy atom. The standard InChI is InChI=1S/C15H23FN2O2/c1-2-20-15(19)8-6-4-3-5-7-11-17-14-10-9-13(16)12-18-14/h9-10,12H,2-8,11H2,1H3,(H,17,18). The summed E-state index contributed by atoms with van der Waals surface area (Å²) in [5.74, 6) is 0.280. The minimum atomic E-state index is -0.322. The average molecular weight is 282 g/mol. The van der Waals surface area contributed by atoms with Crippen LogP contribution in [0.5, 0.6) is 0 Å². The monoisotopic (exact) mass is 282 g/mol. The lowest BCUT2D eigenvalue weighted by atomic mass is 10.1. The van der Waals surface area contributed by atoms with Crippen LogP contribution in [0.4, 0.5) is 10.2 Å². The van der Waals surface area contributed by atoms with Gasteiger partial charge in [-0.3, -0.25) is 4.79 Å². The summed E-state index contributed by atoms with van der Waals surface area (Å²) in [6, 6.07) is 3.03.